The lowest BCUT2D eigenvalue weighted by Gasteiger charge is -2.36. The van der Waals surface area contributed by atoms with Gasteiger partial charge < -0.3 is 20.3 Å². The van der Waals surface area contributed by atoms with E-state index in [9.17, 15) is 14.4 Å². The second-order valence-corrected chi connectivity index (χ2v) is 9.33. The molecule has 0 atom stereocenters. The number of benzene rings is 2. The Morgan fingerprint density at radius 1 is 0.927 bits per heavy atom. The van der Waals surface area contributed by atoms with Crippen molar-refractivity contribution in [3.63, 3.8) is 0 Å². The van der Waals surface area contributed by atoms with Crippen LogP contribution in [0, 0.1) is 0 Å². The number of amides is 3. The van der Waals surface area contributed by atoms with Crippen LogP contribution in [0.4, 0.5) is 17.1 Å². The number of hydrogen-bond donors (Lipinski definition) is 2. The van der Waals surface area contributed by atoms with E-state index in [1.165, 1.54) is 11.1 Å². The minimum atomic E-state index is -0.324. The van der Waals surface area contributed by atoms with Crippen molar-refractivity contribution < 1.29 is 19.1 Å². The lowest BCUT2D eigenvalue weighted by Crippen LogP contribution is -2.51. The number of ether oxygens (including phenoxy) is 1. The number of hydrogen-bond acceptors (Lipinski definition) is 7. The average molecular weight is 551 g/mol. The Kier molecular flexibility index (Phi) is 8.92. The van der Waals surface area contributed by atoms with E-state index in [2.05, 4.69) is 20.6 Å². The summed E-state index contributed by atoms with van der Waals surface area (Å²) in [6.07, 6.45) is 5.35. The van der Waals surface area contributed by atoms with Gasteiger partial charge in [0.2, 0.25) is 11.8 Å². The predicted molar refractivity (Wildman–Crippen MR) is 156 cm³/mol. The fourth-order valence-corrected chi connectivity index (χ4v) is 4.47. The molecule has 41 heavy (non-hydrogen) atoms. The van der Waals surface area contributed by atoms with Gasteiger partial charge in [-0.3, -0.25) is 29.3 Å². The van der Waals surface area contributed by atoms with Gasteiger partial charge in [-0.15, -0.1) is 0 Å². The maximum Gasteiger partial charge on any atom is 0.257 e. The first kappa shape index (κ1) is 27.5. The van der Waals surface area contributed by atoms with E-state index in [-0.39, 0.29) is 30.8 Å². The highest BCUT2D eigenvalue weighted by molar-refractivity contribution is 6.12. The van der Waals surface area contributed by atoms with Crippen LogP contribution in [0.25, 0.3) is 0 Å². The molecule has 0 fully saturated rings. The van der Waals surface area contributed by atoms with Crippen LogP contribution >= 0.6 is 0 Å². The summed E-state index contributed by atoms with van der Waals surface area (Å²) in [7, 11) is 0. The molecule has 2 N–H and O–H groups in total. The molecule has 0 saturated heterocycles. The number of aromatic nitrogens is 2. The van der Waals surface area contributed by atoms with Crippen molar-refractivity contribution in [3.05, 3.63) is 109 Å². The van der Waals surface area contributed by atoms with Gasteiger partial charge >= 0.3 is 0 Å². The molecule has 1 aliphatic rings. The van der Waals surface area contributed by atoms with Crippen molar-refractivity contribution >= 4 is 34.8 Å². The van der Waals surface area contributed by atoms with Gasteiger partial charge in [-0.25, -0.2) is 0 Å². The first-order valence-corrected chi connectivity index (χ1v) is 13.3. The smallest absolute Gasteiger partial charge is 0.257 e. The topological polar surface area (TPSA) is 117 Å². The van der Waals surface area contributed by atoms with Crippen LogP contribution in [-0.2, 0) is 16.0 Å². The van der Waals surface area contributed by atoms with E-state index in [1.54, 1.807) is 47.6 Å². The Morgan fingerprint density at radius 2 is 1.78 bits per heavy atom. The number of carbonyl (C=O) groups excluding carboxylic acids is 3. The number of fused-ring (bicyclic) bond motifs is 1. The fourth-order valence-electron chi connectivity index (χ4n) is 4.47. The minimum Gasteiger partial charge on any atom is -0.492 e. The molecule has 5 rings (SSSR count). The zero-order valence-corrected chi connectivity index (χ0v) is 22.4. The zero-order valence-electron chi connectivity index (χ0n) is 22.4. The number of nitrogens with one attached hydrogen (secondary N) is 2. The maximum absolute atomic E-state index is 13.3. The number of rotatable bonds is 11. The van der Waals surface area contributed by atoms with E-state index in [4.69, 9.17) is 4.74 Å². The molecule has 0 aliphatic carbocycles. The van der Waals surface area contributed by atoms with Gasteiger partial charge in [0.1, 0.15) is 18.9 Å². The van der Waals surface area contributed by atoms with Gasteiger partial charge in [0.15, 0.2) is 0 Å². The summed E-state index contributed by atoms with van der Waals surface area (Å²) in [4.78, 5) is 50.8. The monoisotopic (exact) mass is 550 g/mol. The molecule has 0 bridgehead atoms. The molecule has 2 aromatic heterocycles. The fraction of sp³-hybridized carbons (Fsp3) is 0.194. The Labute approximate surface area is 238 Å². The lowest BCUT2D eigenvalue weighted by molar-refractivity contribution is -0.122. The molecule has 0 saturated carbocycles. The molecular formula is C31H30N6O4. The molecule has 0 unspecified atom stereocenters. The quantitative estimate of drug-likeness (QED) is 0.275. The summed E-state index contributed by atoms with van der Waals surface area (Å²) >= 11 is 0. The highest BCUT2D eigenvalue weighted by Gasteiger charge is 2.32. The SMILES string of the molecule is O=C(Nc1ccc2c(c1)N(C(=O)CNCCOc1ccccc1)CC(=O)N2CCc1ccccn1)c1cccnc1. The van der Waals surface area contributed by atoms with Crippen molar-refractivity contribution in [1.82, 2.24) is 15.3 Å². The largest absolute Gasteiger partial charge is 0.492 e. The number of carbonyl (C=O) groups is 3. The predicted octanol–water partition coefficient (Wildman–Crippen LogP) is 3.32. The first-order chi connectivity index (χ1) is 20.1. The average Bonchev–Trinajstić information content (AvgIpc) is 3.01. The molecule has 2 aromatic carbocycles. The number of anilines is 3. The van der Waals surface area contributed by atoms with E-state index < -0.39 is 0 Å². The molecule has 1 aliphatic heterocycles. The molecule has 10 nitrogen and oxygen atoms in total. The summed E-state index contributed by atoms with van der Waals surface area (Å²) in [6.45, 7) is 1.15. The van der Waals surface area contributed by atoms with Crippen LogP contribution in [0.15, 0.2) is 97.5 Å². The van der Waals surface area contributed by atoms with Crippen LogP contribution in [0.2, 0.25) is 0 Å². The maximum atomic E-state index is 13.3. The number of para-hydroxylation sites is 1. The third-order valence-electron chi connectivity index (χ3n) is 6.52. The minimum absolute atomic E-state index is 0.0189. The lowest BCUT2D eigenvalue weighted by atomic mass is 10.1. The Bertz CT molecular complexity index is 1480. The first-order valence-electron chi connectivity index (χ1n) is 13.3. The van der Waals surface area contributed by atoms with Crippen LogP contribution in [-0.4, -0.2) is 60.5 Å². The van der Waals surface area contributed by atoms with Crippen LogP contribution in [0.3, 0.4) is 0 Å². The summed E-state index contributed by atoms with van der Waals surface area (Å²) in [5, 5.41) is 5.96. The highest BCUT2D eigenvalue weighted by atomic mass is 16.5. The molecule has 3 heterocycles. The Morgan fingerprint density at radius 3 is 2.56 bits per heavy atom. The molecule has 4 aromatic rings. The van der Waals surface area contributed by atoms with Crippen molar-refractivity contribution in [3.8, 4) is 5.75 Å². The third kappa shape index (κ3) is 7.11. The van der Waals surface area contributed by atoms with Crippen molar-refractivity contribution in [2.24, 2.45) is 0 Å². The molecule has 3 amide bonds. The Hall–Kier alpha value is -5.09. The van der Waals surface area contributed by atoms with E-state index in [0.717, 1.165) is 11.4 Å². The van der Waals surface area contributed by atoms with Crippen LogP contribution in [0.1, 0.15) is 16.1 Å². The van der Waals surface area contributed by atoms with E-state index in [1.807, 2.05) is 48.5 Å². The van der Waals surface area contributed by atoms with Crippen molar-refractivity contribution in [2.45, 2.75) is 6.42 Å². The van der Waals surface area contributed by atoms with Gasteiger partial charge in [0, 0.05) is 49.5 Å². The van der Waals surface area contributed by atoms with E-state index in [0.29, 0.717) is 48.7 Å². The molecule has 208 valence electrons. The summed E-state index contributed by atoms with van der Waals surface area (Å²) in [6, 6.07) is 23.7. The van der Waals surface area contributed by atoms with Gasteiger partial charge in [0.05, 0.1) is 23.5 Å². The summed E-state index contributed by atoms with van der Waals surface area (Å²) < 4.78 is 5.68. The molecule has 10 heteroatoms. The summed E-state index contributed by atoms with van der Waals surface area (Å²) in [5.41, 5.74) is 2.91. The zero-order chi connectivity index (χ0) is 28.4. The molecule has 0 spiro atoms. The third-order valence-corrected chi connectivity index (χ3v) is 6.52. The van der Waals surface area contributed by atoms with Crippen molar-refractivity contribution in [1.29, 1.82) is 0 Å². The Balaban J connectivity index is 1.31. The second kappa shape index (κ2) is 13.3. The molecule has 0 radical (unpaired) electrons. The van der Waals surface area contributed by atoms with Crippen LogP contribution < -0.4 is 25.2 Å². The van der Waals surface area contributed by atoms with Crippen LogP contribution in [0.5, 0.6) is 5.75 Å². The van der Waals surface area contributed by atoms with E-state index >= 15 is 0 Å². The molecular weight excluding hydrogens is 520 g/mol. The normalized spacial score (nSPS) is 12.5. The highest BCUT2D eigenvalue weighted by Crippen LogP contribution is 2.36. The van der Waals surface area contributed by atoms with Gasteiger partial charge in [-0.05, 0) is 54.6 Å². The standard InChI is InChI=1S/C31H30N6O4/c38-29(21-33-16-18-41-26-9-2-1-3-10-26)37-22-30(39)36(17-13-24-8-4-5-15-34-24)27-12-11-25(19-28(27)37)35-31(40)23-7-6-14-32-20-23/h1-12,14-15,19-20,33H,13,16-18,21-22H2,(H,35,40). The number of nitrogens with zero attached hydrogens (tertiary/aromatic N) is 4. The van der Waals surface area contributed by atoms with Gasteiger partial charge in [-0.1, -0.05) is 24.3 Å². The van der Waals surface area contributed by atoms with Gasteiger partial charge in [0.25, 0.3) is 5.91 Å². The van der Waals surface area contributed by atoms with Gasteiger partial charge in [-0.2, -0.15) is 0 Å². The second-order valence-electron chi connectivity index (χ2n) is 9.33. The summed E-state index contributed by atoms with van der Waals surface area (Å²) in [5.74, 6) is -0.0292. The number of pyridine rings is 2. The van der Waals surface area contributed by atoms with Crippen molar-refractivity contribution in [2.75, 3.05) is 47.9 Å².